The van der Waals surface area contributed by atoms with Crippen LogP contribution in [0, 0.1) is 5.41 Å². The SMILES string of the molecule is CC(C)(C)OC(=O)N(Cc1ccc2nc(Cn3cc(-c4cncc(N5CCC5)c4)nn3)cn2c1)CC12CC(F)(C1)C2. The van der Waals surface area contributed by atoms with Crippen LogP contribution in [0.4, 0.5) is 14.9 Å². The van der Waals surface area contributed by atoms with Crippen molar-refractivity contribution in [1.29, 1.82) is 0 Å². The van der Waals surface area contributed by atoms with E-state index in [1.54, 1.807) is 9.58 Å². The highest BCUT2D eigenvalue weighted by Crippen LogP contribution is 2.69. The number of amides is 1. The highest BCUT2D eigenvalue weighted by molar-refractivity contribution is 5.68. The van der Waals surface area contributed by atoms with E-state index >= 15 is 0 Å². The molecule has 1 aliphatic heterocycles. The highest BCUT2D eigenvalue weighted by Gasteiger charge is 2.69. The summed E-state index contributed by atoms with van der Waals surface area (Å²) in [6.07, 6.45) is 12.0. The van der Waals surface area contributed by atoms with Crippen molar-refractivity contribution >= 4 is 17.4 Å². The number of ether oxygens (including phenoxy) is 1. The van der Waals surface area contributed by atoms with Crippen molar-refractivity contribution in [2.45, 2.75) is 70.8 Å². The summed E-state index contributed by atoms with van der Waals surface area (Å²) < 4.78 is 23.6. The average molecular weight is 559 g/mol. The summed E-state index contributed by atoms with van der Waals surface area (Å²) >= 11 is 0. The quantitative estimate of drug-likeness (QED) is 0.304. The number of hydrogen-bond donors (Lipinski definition) is 0. The van der Waals surface area contributed by atoms with Gasteiger partial charge in [0.1, 0.15) is 22.6 Å². The van der Waals surface area contributed by atoms with Crippen molar-refractivity contribution in [3.8, 4) is 11.3 Å². The van der Waals surface area contributed by atoms with Gasteiger partial charge in [-0.05, 0) is 69.6 Å². The van der Waals surface area contributed by atoms with Gasteiger partial charge in [-0.1, -0.05) is 11.3 Å². The zero-order valence-corrected chi connectivity index (χ0v) is 23.8. The van der Waals surface area contributed by atoms with Crippen LogP contribution in [0.1, 0.15) is 57.7 Å². The summed E-state index contributed by atoms with van der Waals surface area (Å²) in [5, 5.41) is 8.68. The summed E-state index contributed by atoms with van der Waals surface area (Å²) in [7, 11) is 0. The van der Waals surface area contributed by atoms with Crippen molar-refractivity contribution in [3.05, 3.63) is 60.4 Å². The molecule has 0 N–H and O–H groups in total. The number of rotatable bonds is 8. The Balaban J connectivity index is 1.05. The maximum Gasteiger partial charge on any atom is 0.410 e. The molecule has 214 valence electrons. The molecule has 11 heteroatoms. The number of aromatic nitrogens is 6. The van der Waals surface area contributed by atoms with Crippen LogP contribution in [-0.4, -0.2) is 71.3 Å². The second-order valence-electron chi connectivity index (χ2n) is 13.1. The first-order valence-electron chi connectivity index (χ1n) is 14.3. The number of pyridine rings is 2. The first-order chi connectivity index (χ1) is 19.5. The number of imidazole rings is 1. The zero-order chi connectivity index (χ0) is 28.4. The third-order valence-electron chi connectivity index (χ3n) is 8.29. The van der Waals surface area contributed by atoms with E-state index in [1.165, 1.54) is 6.42 Å². The Morgan fingerprint density at radius 2 is 1.93 bits per heavy atom. The zero-order valence-electron chi connectivity index (χ0n) is 23.8. The standard InChI is InChI=1S/C30H35FN8O2/c1-28(2,3)41-27(40)38(20-29-17-30(31,18-29)19-29)13-21-5-6-26-33-23(14-37(26)12-21)15-39-16-25(34-35-39)22-9-24(11-32-10-22)36-7-4-8-36/h5-6,9-12,14,16H,4,7-8,13,15,17-20H2,1-3H3. The van der Waals surface area contributed by atoms with Crippen LogP contribution >= 0.6 is 0 Å². The molecule has 1 saturated heterocycles. The lowest BCUT2D eigenvalue weighted by atomic mass is 9.42. The number of fused-ring (bicyclic) bond motifs is 1. The molecule has 4 aromatic heterocycles. The van der Waals surface area contributed by atoms with Crippen molar-refractivity contribution < 1.29 is 13.9 Å². The summed E-state index contributed by atoms with van der Waals surface area (Å²) in [4.78, 5) is 26.3. The minimum Gasteiger partial charge on any atom is -0.444 e. The third-order valence-corrected chi connectivity index (χ3v) is 8.29. The number of anilines is 1. The Kier molecular flexibility index (Phi) is 5.85. The van der Waals surface area contributed by atoms with E-state index in [9.17, 15) is 9.18 Å². The summed E-state index contributed by atoms with van der Waals surface area (Å²) in [6.45, 7) is 9.07. The van der Waals surface area contributed by atoms with Gasteiger partial charge in [-0.3, -0.25) is 4.98 Å². The van der Waals surface area contributed by atoms with Gasteiger partial charge in [-0.2, -0.15) is 0 Å². The molecule has 0 radical (unpaired) electrons. The maximum atomic E-state index is 14.2. The predicted molar refractivity (Wildman–Crippen MR) is 151 cm³/mol. The molecule has 0 atom stereocenters. The van der Waals surface area contributed by atoms with E-state index in [0.717, 1.165) is 46.9 Å². The van der Waals surface area contributed by atoms with Crippen LogP contribution in [0.2, 0.25) is 0 Å². The fraction of sp³-hybridized carbons (Fsp3) is 0.500. The summed E-state index contributed by atoms with van der Waals surface area (Å²) in [5.41, 5.74) is 3.70. The molecule has 0 unspecified atom stereocenters. The Bertz CT molecular complexity index is 1600. The van der Waals surface area contributed by atoms with E-state index in [1.807, 2.05) is 68.3 Å². The van der Waals surface area contributed by atoms with E-state index < -0.39 is 11.3 Å². The number of halogens is 1. The van der Waals surface area contributed by atoms with Gasteiger partial charge in [0.05, 0.1) is 36.9 Å². The molecule has 5 heterocycles. The van der Waals surface area contributed by atoms with Crippen molar-refractivity contribution in [1.82, 2.24) is 34.3 Å². The highest BCUT2D eigenvalue weighted by atomic mass is 19.1. The molecule has 1 amide bonds. The fourth-order valence-electron chi connectivity index (χ4n) is 6.41. The largest absolute Gasteiger partial charge is 0.444 e. The van der Waals surface area contributed by atoms with Crippen molar-refractivity contribution in [3.63, 3.8) is 0 Å². The van der Waals surface area contributed by atoms with E-state index in [-0.39, 0.29) is 11.5 Å². The number of alkyl halides is 1. The molecule has 4 aliphatic rings. The second kappa shape index (κ2) is 9.25. The van der Waals surface area contributed by atoms with Crippen molar-refractivity contribution in [2.75, 3.05) is 24.5 Å². The van der Waals surface area contributed by atoms with Gasteiger partial charge in [0.15, 0.2) is 0 Å². The molecule has 4 fully saturated rings. The first kappa shape index (κ1) is 25.9. The number of carbonyl (C=O) groups is 1. The Morgan fingerprint density at radius 1 is 1.12 bits per heavy atom. The number of hydrogen-bond acceptors (Lipinski definition) is 7. The lowest BCUT2D eigenvalue weighted by molar-refractivity contribution is -0.220. The molecule has 3 aliphatic carbocycles. The normalized spacial score (nSPS) is 23.1. The monoisotopic (exact) mass is 558 g/mol. The maximum absolute atomic E-state index is 14.2. The average Bonchev–Trinajstić information content (AvgIpc) is 3.46. The smallest absolute Gasteiger partial charge is 0.410 e. The molecule has 8 rings (SSSR count). The van der Waals surface area contributed by atoms with Gasteiger partial charge in [0.25, 0.3) is 0 Å². The Labute approximate surface area is 238 Å². The second-order valence-corrected chi connectivity index (χ2v) is 13.1. The molecular weight excluding hydrogens is 523 g/mol. The predicted octanol–water partition coefficient (Wildman–Crippen LogP) is 4.88. The van der Waals surface area contributed by atoms with Gasteiger partial charge in [-0.25, -0.2) is 18.9 Å². The number of carbonyl (C=O) groups excluding carboxylic acids is 1. The van der Waals surface area contributed by atoms with Crippen molar-refractivity contribution in [2.24, 2.45) is 5.41 Å². The Morgan fingerprint density at radius 3 is 2.63 bits per heavy atom. The third kappa shape index (κ3) is 5.13. The lowest BCUT2D eigenvalue weighted by Gasteiger charge is -2.66. The van der Waals surface area contributed by atoms with Gasteiger partial charge in [0, 0.05) is 43.8 Å². The van der Waals surface area contributed by atoms with Crippen LogP contribution in [0.3, 0.4) is 0 Å². The van der Waals surface area contributed by atoms with Crippen LogP contribution < -0.4 is 4.90 Å². The van der Waals surface area contributed by atoms with Crippen LogP contribution in [0.5, 0.6) is 0 Å². The van der Waals surface area contributed by atoms with E-state index in [0.29, 0.717) is 38.9 Å². The molecule has 10 nitrogen and oxygen atoms in total. The first-order valence-corrected chi connectivity index (χ1v) is 14.3. The van der Waals surface area contributed by atoms with Gasteiger partial charge >= 0.3 is 6.09 Å². The van der Waals surface area contributed by atoms with Gasteiger partial charge in [-0.15, -0.1) is 5.10 Å². The van der Waals surface area contributed by atoms with Gasteiger partial charge in [0.2, 0.25) is 0 Å². The summed E-state index contributed by atoms with van der Waals surface area (Å²) in [5.74, 6) is 0. The molecule has 4 aromatic rings. The number of nitrogens with zero attached hydrogens (tertiary/aromatic N) is 8. The molecule has 3 saturated carbocycles. The van der Waals surface area contributed by atoms with E-state index in [4.69, 9.17) is 9.72 Å². The molecular formula is C30H35FN8O2. The minimum absolute atomic E-state index is 0.110. The Hall–Kier alpha value is -4.02. The van der Waals surface area contributed by atoms with Crippen LogP contribution in [0.15, 0.2) is 49.2 Å². The minimum atomic E-state index is -1.01. The molecule has 41 heavy (non-hydrogen) atoms. The van der Waals surface area contributed by atoms with E-state index in [2.05, 4.69) is 26.3 Å². The topological polar surface area (TPSA) is 93.7 Å². The van der Waals surface area contributed by atoms with Crippen LogP contribution in [0.25, 0.3) is 16.9 Å². The molecule has 0 spiro atoms. The molecule has 2 bridgehead atoms. The summed E-state index contributed by atoms with van der Waals surface area (Å²) in [6, 6.07) is 6.04. The fourth-order valence-corrected chi connectivity index (χ4v) is 6.41. The van der Waals surface area contributed by atoms with Gasteiger partial charge < -0.3 is 18.9 Å². The lowest BCUT2D eigenvalue weighted by Crippen LogP contribution is -2.68. The van der Waals surface area contributed by atoms with Crippen LogP contribution in [-0.2, 0) is 17.8 Å². The molecule has 0 aromatic carbocycles.